The van der Waals surface area contributed by atoms with Crippen LogP contribution in [0.4, 0.5) is 4.79 Å². The normalized spacial score (nSPS) is 16.3. The second kappa shape index (κ2) is 10.4. The Labute approximate surface area is 170 Å². The Morgan fingerprint density at radius 1 is 1.07 bits per heavy atom. The van der Waals surface area contributed by atoms with Gasteiger partial charge in [0.2, 0.25) is 10.0 Å². The number of hydrogen-bond acceptors (Lipinski definition) is 6. The number of carbonyl (C=O) groups excluding carboxylic acids is 3. The highest BCUT2D eigenvalue weighted by atomic mass is 32.2. The third kappa shape index (κ3) is 6.26. The van der Waals surface area contributed by atoms with E-state index < -0.39 is 34.0 Å². The van der Waals surface area contributed by atoms with Gasteiger partial charge in [0.05, 0.1) is 10.5 Å². The van der Waals surface area contributed by atoms with Crippen LogP contribution in [0.3, 0.4) is 0 Å². The number of ether oxygens (including phenoxy) is 1. The Morgan fingerprint density at radius 3 is 2.21 bits per heavy atom. The van der Waals surface area contributed by atoms with Crippen molar-refractivity contribution in [3.8, 4) is 0 Å². The average Bonchev–Trinajstić information content (AvgIpc) is 2.98. The molecule has 0 aromatic heterocycles. The van der Waals surface area contributed by atoms with Crippen LogP contribution in [0.2, 0.25) is 0 Å². The Bertz CT molecular complexity index is 830. The van der Waals surface area contributed by atoms with Crippen molar-refractivity contribution in [2.45, 2.75) is 50.5 Å². The van der Waals surface area contributed by atoms with Crippen molar-refractivity contribution in [2.24, 2.45) is 0 Å². The number of nitrogens with one attached hydrogen (secondary N) is 2. The van der Waals surface area contributed by atoms with Gasteiger partial charge in [0.1, 0.15) is 0 Å². The second-order valence-corrected chi connectivity index (χ2v) is 8.68. The fourth-order valence-electron chi connectivity index (χ4n) is 2.89. The van der Waals surface area contributed by atoms with E-state index in [-0.39, 0.29) is 10.5 Å². The Kier molecular flexibility index (Phi) is 8.15. The van der Waals surface area contributed by atoms with E-state index in [9.17, 15) is 22.8 Å². The van der Waals surface area contributed by atoms with Gasteiger partial charge >= 0.3 is 12.0 Å². The van der Waals surface area contributed by atoms with E-state index >= 15 is 0 Å². The molecule has 9 nitrogen and oxygen atoms in total. The third-order valence-electron chi connectivity index (χ3n) is 4.52. The summed E-state index contributed by atoms with van der Waals surface area (Å²) in [6.07, 6.45) is 2.51. The lowest BCUT2D eigenvalue weighted by atomic mass is 10.2. The van der Waals surface area contributed by atoms with Crippen LogP contribution in [0.1, 0.15) is 49.9 Å². The SMILES string of the molecule is CCNC(=O)NC(=O)C(C)OC(=O)c1ccc(S(=O)(=O)N2CCCCCC2)cc1. The molecule has 2 rings (SSSR count). The van der Waals surface area contributed by atoms with Gasteiger partial charge in [-0.15, -0.1) is 0 Å². The first-order valence-electron chi connectivity index (χ1n) is 9.65. The highest BCUT2D eigenvalue weighted by Gasteiger charge is 2.26. The lowest BCUT2D eigenvalue weighted by molar-refractivity contribution is -0.127. The predicted octanol–water partition coefficient (Wildman–Crippen LogP) is 1.64. The summed E-state index contributed by atoms with van der Waals surface area (Å²) >= 11 is 0. The number of rotatable bonds is 6. The summed E-state index contributed by atoms with van der Waals surface area (Å²) in [7, 11) is -3.61. The zero-order chi connectivity index (χ0) is 21.4. The number of urea groups is 1. The first-order valence-corrected chi connectivity index (χ1v) is 11.1. The second-order valence-electron chi connectivity index (χ2n) is 6.74. The van der Waals surface area contributed by atoms with Gasteiger partial charge in [-0.3, -0.25) is 10.1 Å². The first kappa shape index (κ1) is 22.8. The van der Waals surface area contributed by atoms with Gasteiger partial charge in [-0.2, -0.15) is 4.31 Å². The molecule has 1 aliphatic rings. The number of imide groups is 1. The lowest BCUT2D eigenvalue weighted by Crippen LogP contribution is -2.44. The molecule has 0 spiro atoms. The van der Waals surface area contributed by atoms with Crippen LogP contribution in [0.5, 0.6) is 0 Å². The maximum atomic E-state index is 12.8. The molecule has 0 saturated carbocycles. The summed E-state index contributed by atoms with van der Waals surface area (Å²) in [5.41, 5.74) is 0.109. The molecule has 1 fully saturated rings. The highest BCUT2D eigenvalue weighted by molar-refractivity contribution is 7.89. The molecule has 29 heavy (non-hydrogen) atoms. The minimum atomic E-state index is -3.61. The van der Waals surface area contributed by atoms with Gasteiger partial charge in [0.15, 0.2) is 6.10 Å². The van der Waals surface area contributed by atoms with E-state index in [1.165, 1.54) is 35.5 Å². The van der Waals surface area contributed by atoms with Crippen LogP contribution in [-0.2, 0) is 19.6 Å². The number of sulfonamides is 1. The Morgan fingerprint density at radius 2 is 1.66 bits per heavy atom. The van der Waals surface area contributed by atoms with Crippen molar-refractivity contribution in [1.29, 1.82) is 0 Å². The predicted molar refractivity (Wildman–Crippen MR) is 106 cm³/mol. The highest BCUT2D eigenvalue weighted by Crippen LogP contribution is 2.21. The molecular weight excluding hydrogens is 398 g/mol. The van der Waals surface area contributed by atoms with Crippen LogP contribution in [-0.4, -0.2) is 56.4 Å². The molecule has 1 aliphatic heterocycles. The summed E-state index contributed by atoms with van der Waals surface area (Å²) < 4.78 is 32.0. The van der Waals surface area contributed by atoms with Gasteiger partial charge in [-0.25, -0.2) is 18.0 Å². The van der Waals surface area contributed by atoms with E-state index in [1.54, 1.807) is 6.92 Å². The third-order valence-corrected chi connectivity index (χ3v) is 6.43. The van der Waals surface area contributed by atoms with Crippen LogP contribution in [0, 0.1) is 0 Å². The quantitative estimate of drug-likeness (QED) is 0.668. The zero-order valence-corrected chi connectivity index (χ0v) is 17.5. The molecule has 0 radical (unpaired) electrons. The molecule has 2 N–H and O–H groups in total. The van der Waals surface area contributed by atoms with Crippen LogP contribution < -0.4 is 10.6 Å². The molecule has 1 aromatic rings. The van der Waals surface area contributed by atoms with E-state index in [0.29, 0.717) is 19.6 Å². The molecule has 1 aromatic carbocycles. The first-order chi connectivity index (χ1) is 13.8. The Balaban J connectivity index is 2.00. The molecule has 160 valence electrons. The average molecular weight is 426 g/mol. The van der Waals surface area contributed by atoms with E-state index in [0.717, 1.165) is 25.7 Å². The van der Waals surface area contributed by atoms with Gasteiger partial charge in [0.25, 0.3) is 5.91 Å². The van der Waals surface area contributed by atoms with Crippen molar-refractivity contribution < 1.29 is 27.5 Å². The van der Waals surface area contributed by atoms with Gasteiger partial charge < -0.3 is 10.1 Å². The topological polar surface area (TPSA) is 122 Å². The van der Waals surface area contributed by atoms with E-state index in [4.69, 9.17) is 4.74 Å². The Hall–Kier alpha value is -2.46. The van der Waals surface area contributed by atoms with E-state index in [2.05, 4.69) is 10.6 Å². The summed E-state index contributed by atoms with van der Waals surface area (Å²) in [4.78, 5) is 35.5. The molecule has 1 saturated heterocycles. The zero-order valence-electron chi connectivity index (χ0n) is 16.6. The maximum absolute atomic E-state index is 12.8. The monoisotopic (exact) mass is 425 g/mol. The van der Waals surface area contributed by atoms with Crippen LogP contribution in [0.15, 0.2) is 29.2 Å². The number of esters is 1. The maximum Gasteiger partial charge on any atom is 0.338 e. The number of nitrogens with zero attached hydrogens (tertiary/aromatic N) is 1. The van der Waals surface area contributed by atoms with Crippen molar-refractivity contribution in [1.82, 2.24) is 14.9 Å². The van der Waals surface area contributed by atoms with Crippen molar-refractivity contribution >= 4 is 27.9 Å². The van der Waals surface area contributed by atoms with E-state index in [1.807, 2.05) is 0 Å². The molecule has 3 amide bonds. The summed E-state index contributed by atoms with van der Waals surface area (Å²) in [6.45, 7) is 4.36. The lowest BCUT2D eigenvalue weighted by Gasteiger charge is -2.20. The number of amides is 3. The number of carbonyl (C=O) groups is 3. The largest absolute Gasteiger partial charge is 0.449 e. The van der Waals surface area contributed by atoms with Crippen LogP contribution in [0.25, 0.3) is 0 Å². The van der Waals surface area contributed by atoms with Crippen molar-refractivity contribution in [3.05, 3.63) is 29.8 Å². The number of hydrogen-bond donors (Lipinski definition) is 2. The van der Waals surface area contributed by atoms with Crippen molar-refractivity contribution in [3.63, 3.8) is 0 Å². The molecule has 10 heteroatoms. The van der Waals surface area contributed by atoms with Gasteiger partial charge in [0, 0.05) is 19.6 Å². The van der Waals surface area contributed by atoms with Crippen molar-refractivity contribution in [2.75, 3.05) is 19.6 Å². The molecule has 1 heterocycles. The van der Waals surface area contributed by atoms with Crippen LogP contribution >= 0.6 is 0 Å². The minimum absolute atomic E-state index is 0.109. The molecule has 0 aliphatic carbocycles. The molecular formula is C19H27N3O6S. The molecule has 0 bridgehead atoms. The molecule has 1 unspecified atom stereocenters. The standard InChI is InChI=1S/C19H27N3O6S/c1-3-20-19(25)21-17(23)14(2)28-18(24)15-8-10-16(11-9-15)29(26,27)22-12-6-4-5-7-13-22/h8-11,14H,3-7,12-13H2,1-2H3,(H2,20,21,23,25). The van der Waals surface area contributed by atoms with Gasteiger partial charge in [-0.05, 0) is 51.0 Å². The molecule has 1 atom stereocenters. The summed E-state index contributed by atoms with van der Waals surface area (Å²) in [6, 6.07) is 4.73. The smallest absolute Gasteiger partial charge is 0.338 e. The van der Waals surface area contributed by atoms with Gasteiger partial charge in [-0.1, -0.05) is 12.8 Å². The fourth-order valence-corrected chi connectivity index (χ4v) is 4.41. The fraction of sp³-hybridized carbons (Fsp3) is 0.526. The summed E-state index contributed by atoms with van der Waals surface area (Å²) in [5, 5.41) is 4.45. The number of benzene rings is 1. The summed E-state index contributed by atoms with van der Waals surface area (Å²) in [5.74, 6) is -1.55. The minimum Gasteiger partial charge on any atom is -0.449 e.